The van der Waals surface area contributed by atoms with E-state index in [4.69, 9.17) is 4.99 Å². The second-order valence-corrected chi connectivity index (χ2v) is 8.48. The average molecular weight is 350 g/mol. The van der Waals surface area contributed by atoms with Gasteiger partial charge in [0.25, 0.3) is 0 Å². The lowest BCUT2D eigenvalue weighted by Crippen LogP contribution is -2.53. The predicted molar refractivity (Wildman–Crippen MR) is 103 cm³/mol. The molecular weight excluding hydrogens is 318 g/mol. The molecule has 1 saturated heterocycles. The summed E-state index contributed by atoms with van der Waals surface area (Å²) in [6.45, 7) is 9.11. The maximum atomic E-state index is 4.90. The van der Waals surface area contributed by atoms with E-state index in [9.17, 15) is 0 Å². The van der Waals surface area contributed by atoms with E-state index >= 15 is 0 Å². The minimum atomic E-state index is 0.480. The Balaban J connectivity index is 1.63. The van der Waals surface area contributed by atoms with Crippen LogP contribution < -0.4 is 5.32 Å². The van der Waals surface area contributed by atoms with Crippen molar-refractivity contribution in [1.82, 2.24) is 19.8 Å². The van der Waals surface area contributed by atoms with E-state index in [1.807, 2.05) is 19.3 Å². The number of hydrogen-bond acceptors (Lipinski definition) is 3. The third-order valence-corrected chi connectivity index (χ3v) is 6.71. The van der Waals surface area contributed by atoms with Crippen molar-refractivity contribution in [2.75, 3.05) is 31.9 Å². The highest BCUT2D eigenvalue weighted by atomic mass is 32.2. The van der Waals surface area contributed by atoms with Gasteiger partial charge in [0, 0.05) is 49.1 Å². The highest BCUT2D eigenvalue weighted by molar-refractivity contribution is 8.00. The fourth-order valence-electron chi connectivity index (χ4n) is 3.85. The third-order valence-electron chi connectivity index (χ3n) is 5.17. The van der Waals surface area contributed by atoms with Crippen LogP contribution in [0, 0.1) is 6.92 Å². The SMILES string of the molecule is CCNC(=NCCn1ccnc1C)N1CCSC2(CCCCC2)C1. The molecule has 134 valence electrons. The minimum absolute atomic E-state index is 0.480. The average Bonchev–Trinajstić information content (AvgIpc) is 3.00. The first-order valence-electron chi connectivity index (χ1n) is 9.37. The molecule has 6 heteroatoms. The molecule has 3 rings (SSSR count). The summed E-state index contributed by atoms with van der Waals surface area (Å²) in [5.74, 6) is 3.39. The number of guanidine groups is 1. The summed E-state index contributed by atoms with van der Waals surface area (Å²) in [4.78, 5) is 11.7. The van der Waals surface area contributed by atoms with Gasteiger partial charge in [0.05, 0.1) is 6.54 Å². The summed E-state index contributed by atoms with van der Waals surface area (Å²) in [6.07, 6.45) is 10.9. The van der Waals surface area contributed by atoms with Crippen LogP contribution >= 0.6 is 11.8 Å². The van der Waals surface area contributed by atoms with E-state index in [2.05, 4.69) is 38.5 Å². The van der Waals surface area contributed by atoms with Crippen LogP contribution in [0.25, 0.3) is 0 Å². The minimum Gasteiger partial charge on any atom is -0.357 e. The zero-order valence-electron chi connectivity index (χ0n) is 15.1. The van der Waals surface area contributed by atoms with Gasteiger partial charge >= 0.3 is 0 Å². The molecule has 1 aromatic rings. The van der Waals surface area contributed by atoms with Gasteiger partial charge in [-0.1, -0.05) is 19.3 Å². The number of aryl methyl sites for hydroxylation is 1. The lowest BCUT2D eigenvalue weighted by Gasteiger charge is -2.45. The van der Waals surface area contributed by atoms with Crippen LogP contribution in [0.15, 0.2) is 17.4 Å². The Morgan fingerprint density at radius 1 is 1.38 bits per heavy atom. The van der Waals surface area contributed by atoms with Gasteiger partial charge in [-0.25, -0.2) is 4.98 Å². The zero-order chi connectivity index (χ0) is 16.8. The molecule has 0 unspecified atom stereocenters. The Morgan fingerprint density at radius 3 is 2.92 bits per heavy atom. The van der Waals surface area contributed by atoms with Crippen molar-refractivity contribution in [3.05, 3.63) is 18.2 Å². The molecule has 1 N–H and O–H groups in total. The number of hydrogen-bond donors (Lipinski definition) is 1. The van der Waals surface area contributed by atoms with Gasteiger partial charge in [-0.2, -0.15) is 11.8 Å². The molecular formula is C18H31N5S. The van der Waals surface area contributed by atoms with Crippen molar-refractivity contribution in [2.45, 2.75) is 57.2 Å². The van der Waals surface area contributed by atoms with Gasteiger partial charge < -0.3 is 14.8 Å². The molecule has 2 fully saturated rings. The smallest absolute Gasteiger partial charge is 0.194 e. The standard InChI is InChI=1S/C18H31N5S/c1-3-19-17(21-10-12-22-11-9-20-16(22)2)23-13-14-24-18(15-23)7-5-4-6-8-18/h9,11H,3-8,10,12-15H2,1-2H3,(H,19,21). The quantitative estimate of drug-likeness (QED) is 0.671. The molecule has 0 bridgehead atoms. The molecule has 2 heterocycles. The highest BCUT2D eigenvalue weighted by Crippen LogP contribution is 2.42. The number of rotatable bonds is 4. The molecule has 1 aliphatic heterocycles. The van der Waals surface area contributed by atoms with Crippen LogP contribution in [-0.4, -0.2) is 57.1 Å². The Labute approximate surface area is 150 Å². The first kappa shape index (κ1) is 17.6. The molecule has 1 saturated carbocycles. The van der Waals surface area contributed by atoms with Crippen molar-refractivity contribution in [1.29, 1.82) is 0 Å². The summed E-state index contributed by atoms with van der Waals surface area (Å²) in [6, 6.07) is 0. The van der Waals surface area contributed by atoms with Crippen molar-refractivity contribution in [2.24, 2.45) is 4.99 Å². The van der Waals surface area contributed by atoms with Crippen molar-refractivity contribution < 1.29 is 0 Å². The Hall–Kier alpha value is -1.17. The van der Waals surface area contributed by atoms with Gasteiger partial charge in [-0.05, 0) is 26.7 Å². The topological polar surface area (TPSA) is 45.5 Å². The molecule has 0 radical (unpaired) electrons. The van der Waals surface area contributed by atoms with E-state index in [1.165, 1.54) is 37.9 Å². The van der Waals surface area contributed by atoms with Crippen LogP contribution in [0.5, 0.6) is 0 Å². The highest BCUT2D eigenvalue weighted by Gasteiger charge is 2.38. The molecule has 24 heavy (non-hydrogen) atoms. The second-order valence-electron chi connectivity index (χ2n) is 6.92. The fraction of sp³-hybridized carbons (Fsp3) is 0.778. The maximum absolute atomic E-state index is 4.90. The van der Waals surface area contributed by atoms with E-state index in [0.717, 1.165) is 44.5 Å². The Morgan fingerprint density at radius 2 is 2.21 bits per heavy atom. The lowest BCUT2D eigenvalue weighted by atomic mass is 9.87. The summed E-state index contributed by atoms with van der Waals surface area (Å²) in [5.41, 5.74) is 0. The number of aromatic nitrogens is 2. The van der Waals surface area contributed by atoms with Gasteiger partial charge in [0.2, 0.25) is 0 Å². The number of aliphatic imine (C=N–C) groups is 1. The molecule has 1 aliphatic carbocycles. The van der Waals surface area contributed by atoms with Crippen molar-refractivity contribution in [3.63, 3.8) is 0 Å². The van der Waals surface area contributed by atoms with E-state index < -0.39 is 0 Å². The van der Waals surface area contributed by atoms with Crippen molar-refractivity contribution >= 4 is 17.7 Å². The molecule has 1 spiro atoms. The Bertz CT molecular complexity index is 542. The molecule has 2 aliphatic rings. The number of nitrogens with one attached hydrogen (secondary N) is 1. The van der Waals surface area contributed by atoms with E-state index in [1.54, 1.807) is 0 Å². The molecule has 1 aromatic heterocycles. The first-order valence-corrected chi connectivity index (χ1v) is 10.4. The Kier molecular flexibility index (Phi) is 6.09. The zero-order valence-corrected chi connectivity index (χ0v) is 15.9. The van der Waals surface area contributed by atoms with Crippen molar-refractivity contribution in [3.8, 4) is 0 Å². The van der Waals surface area contributed by atoms with Crippen LogP contribution in [0.2, 0.25) is 0 Å². The monoisotopic (exact) mass is 349 g/mol. The largest absolute Gasteiger partial charge is 0.357 e. The first-order chi connectivity index (χ1) is 11.7. The second kappa shape index (κ2) is 8.28. The molecule has 0 amide bonds. The summed E-state index contributed by atoms with van der Waals surface area (Å²) in [5, 5.41) is 3.51. The van der Waals surface area contributed by atoms with Gasteiger partial charge in [-0.15, -0.1) is 0 Å². The lowest BCUT2D eigenvalue weighted by molar-refractivity contribution is 0.293. The molecule has 5 nitrogen and oxygen atoms in total. The summed E-state index contributed by atoms with van der Waals surface area (Å²) in [7, 11) is 0. The van der Waals surface area contributed by atoms with E-state index in [-0.39, 0.29) is 0 Å². The van der Waals surface area contributed by atoms with E-state index in [0.29, 0.717) is 4.75 Å². The van der Waals surface area contributed by atoms with Crippen LogP contribution in [0.3, 0.4) is 0 Å². The number of imidazole rings is 1. The third kappa shape index (κ3) is 4.26. The van der Waals surface area contributed by atoms with Gasteiger partial charge in [-0.3, -0.25) is 4.99 Å². The molecule has 0 atom stereocenters. The van der Waals surface area contributed by atoms with Crippen LogP contribution in [0.1, 0.15) is 44.9 Å². The molecule has 0 aromatic carbocycles. The number of nitrogens with zero attached hydrogens (tertiary/aromatic N) is 4. The normalized spacial score (nSPS) is 21.2. The van der Waals surface area contributed by atoms with Gasteiger partial charge in [0.15, 0.2) is 5.96 Å². The number of thioether (sulfide) groups is 1. The van der Waals surface area contributed by atoms with Crippen LogP contribution in [-0.2, 0) is 6.54 Å². The fourth-order valence-corrected chi connectivity index (χ4v) is 5.42. The van der Waals surface area contributed by atoms with Gasteiger partial charge in [0.1, 0.15) is 5.82 Å². The maximum Gasteiger partial charge on any atom is 0.194 e. The van der Waals surface area contributed by atoms with Crippen LogP contribution in [0.4, 0.5) is 0 Å². The predicted octanol–water partition coefficient (Wildman–Crippen LogP) is 2.91. The summed E-state index contributed by atoms with van der Waals surface area (Å²) < 4.78 is 2.65. The summed E-state index contributed by atoms with van der Waals surface area (Å²) >= 11 is 2.21.